The van der Waals surface area contributed by atoms with Gasteiger partial charge in [0.15, 0.2) is 6.20 Å². The fraction of sp³-hybridized carbons (Fsp3) is 0.400. The number of rotatable bonds is 4. The topological polar surface area (TPSA) is 26.9 Å². The van der Waals surface area contributed by atoms with Crippen molar-refractivity contribution in [2.45, 2.75) is 39.5 Å². The number of aromatic nitrogens is 1. The number of benzene rings is 1. The molecule has 0 saturated carbocycles. The SMILES string of the molecule is CCCCCc1c[n+]([O-])c2ccccc2c1C. The maximum atomic E-state index is 11.9. The third kappa shape index (κ3) is 2.41. The van der Waals surface area contributed by atoms with Crippen molar-refractivity contribution in [1.29, 1.82) is 0 Å². The summed E-state index contributed by atoms with van der Waals surface area (Å²) < 4.78 is 1.00. The molecule has 2 rings (SSSR count). The van der Waals surface area contributed by atoms with Gasteiger partial charge in [0.25, 0.3) is 0 Å². The van der Waals surface area contributed by atoms with Crippen molar-refractivity contribution in [2.75, 3.05) is 0 Å². The van der Waals surface area contributed by atoms with Crippen LogP contribution in [0.2, 0.25) is 0 Å². The Morgan fingerprint density at radius 3 is 2.71 bits per heavy atom. The summed E-state index contributed by atoms with van der Waals surface area (Å²) in [6, 6.07) is 7.81. The van der Waals surface area contributed by atoms with E-state index in [1.54, 1.807) is 6.20 Å². The van der Waals surface area contributed by atoms with Crippen LogP contribution in [0.5, 0.6) is 0 Å². The van der Waals surface area contributed by atoms with E-state index >= 15 is 0 Å². The van der Waals surface area contributed by atoms with Crippen molar-refractivity contribution in [2.24, 2.45) is 0 Å². The number of pyridine rings is 1. The van der Waals surface area contributed by atoms with E-state index in [1.165, 1.54) is 24.0 Å². The molecule has 1 aromatic heterocycles. The highest BCUT2D eigenvalue weighted by Crippen LogP contribution is 2.19. The lowest BCUT2D eigenvalue weighted by molar-refractivity contribution is -0.577. The molecular weight excluding hydrogens is 210 g/mol. The maximum Gasteiger partial charge on any atom is 0.224 e. The van der Waals surface area contributed by atoms with E-state index in [1.807, 2.05) is 24.3 Å². The van der Waals surface area contributed by atoms with Crippen molar-refractivity contribution in [1.82, 2.24) is 0 Å². The van der Waals surface area contributed by atoms with Crippen molar-refractivity contribution in [3.8, 4) is 0 Å². The molecule has 0 bridgehead atoms. The van der Waals surface area contributed by atoms with Gasteiger partial charge in [-0.3, -0.25) is 0 Å². The second-order valence-electron chi connectivity index (χ2n) is 4.58. The first-order chi connectivity index (χ1) is 8.24. The molecule has 2 aromatic rings. The van der Waals surface area contributed by atoms with Crippen LogP contribution in [0.4, 0.5) is 0 Å². The zero-order valence-corrected chi connectivity index (χ0v) is 10.6. The molecule has 1 heterocycles. The van der Waals surface area contributed by atoms with E-state index in [9.17, 15) is 5.21 Å². The quantitative estimate of drug-likeness (QED) is 0.447. The largest absolute Gasteiger partial charge is 0.618 e. The van der Waals surface area contributed by atoms with Crippen molar-refractivity contribution in [3.63, 3.8) is 0 Å². The van der Waals surface area contributed by atoms with Gasteiger partial charge in [0.2, 0.25) is 5.52 Å². The van der Waals surface area contributed by atoms with E-state index in [0.717, 1.165) is 28.5 Å². The zero-order chi connectivity index (χ0) is 12.3. The molecule has 0 saturated heterocycles. The van der Waals surface area contributed by atoms with E-state index in [-0.39, 0.29) is 0 Å². The van der Waals surface area contributed by atoms with E-state index in [2.05, 4.69) is 13.8 Å². The van der Waals surface area contributed by atoms with Crippen LogP contribution >= 0.6 is 0 Å². The van der Waals surface area contributed by atoms with Crippen LogP contribution in [-0.2, 0) is 6.42 Å². The Morgan fingerprint density at radius 2 is 1.94 bits per heavy atom. The van der Waals surface area contributed by atoms with Crippen LogP contribution in [0.25, 0.3) is 10.9 Å². The second-order valence-corrected chi connectivity index (χ2v) is 4.58. The molecule has 0 aliphatic rings. The molecule has 0 N–H and O–H groups in total. The Bertz CT molecular complexity index is 520. The number of unbranched alkanes of at least 4 members (excludes halogenated alkanes) is 2. The summed E-state index contributed by atoms with van der Waals surface area (Å²) in [6.45, 7) is 4.31. The van der Waals surface area contributed by atoms with E-state index in [0.29, 0.717) is 0 Å². The molecule has 0 aliphatic carbocycles. The highest BCUT2D eigenvalue weighted by molar-refractivity contribution is 5.80. The fourth-order valence-electron chi connectivity index (χ4n) is 2.28. The van der Waals surface area contributed by atoms with Crippen LogP contribution in [0.3, 0.4) is 0 Å². The molecule has 0 spiro atoms. The third-order valence-electron chi connectivity index (χ3n) is 3.35. The molecule has 0 unspecified atom stereocenters. The van der Waals surface area contributed by atoms with Crippen molar-refractivity contribution >= 4 is 10.9 Å². The van der Waals surface area contributed by atoms with Gasteiger partial charge in [-0.05, 0) is 31.4 Å². The normalized spacial score (nSPS) is 10.9. The highest BCUT2D eigenvalue weighted by Gasteiger charge is 2.10. The first-order valence-electron chi connectivity index (χ1n) is 6.34. The minimum Gasteiger partial charge on any atom is -0.618 e. The van der Waals surface area contributed by atoms with Crippen LogP contribution in [-0.4, -0.2) is 0 Å². The van der Waals surface area contributed by atoms with Gasteiger partial charge in [0.1, 0.15) is 0 Å². The first kappa shape index (κ1) is 11.9. The number of para-hydroxylation sites is 1. The molecule has 0 atom stereocenters. The van der Waals surface area contributed by atoms with E-state index in [4.69, 9.17) is 0 Å². The maximum absolute atomic E-state index is 11.9. The van der Waals surface area contributed by atoms with Crippen LogP contribution in [0.15, 0.2) is 30.5 Å². The van der Waals surface area contributed by atoms with Gasteiger partial charge in [0.05, 0.1) is 5.39 Å². The van der Waals surface area contributed by atoms with Gasteiger partial charge in [0, 0.05) is 11.6 Å². The zero-order valence-electron chi connectivity index (χ0n) is 10.6. The summed E-state index contributed by atoms with van der Waals surface area (Å²) in [5.41, 5.74) is 3.21. The third-order valence-corrected chi connectivity index (χ3v) is 3.35. The first-order valence-corrected chi connectivity index (χ1v) is 6.34. The summed E-state index contributed by atoms with van der Waals surface area (Å²) in [4.78, 5) is 0. The van der Waals surface area contributed by atoms with Gasteiger partial charge in [-0.2, -0.15) is 4.73 Å². The molecule has 0 fully saturated rings. The van der Waals surface area contributed by atoms with Gasteiger partial charge < -0.3 is 5.21 Å². The molecule has 1 aromatic carbocycles. The predicted molar refractivity (Wildman–Crippen MR) is 70.9 cm³/mol. The van der Waals surface area contributed by atoms with Gasteiger partial charge in [-0.1, -0.05) is 31.9 Å². The number of hydrogen-bond acceptors (Lipinski definition) is 1. The number of aryl methyl sites for hydroxylation is 2. The summed E-state index contributed by atoms with van der Waals surface area (Å²) in [6.07, 6.45) is 6.35. The van der Waals surface area contributed by atoms with Gasteiger partial charge in [-0.25, -0.2) is 0 Å². The average molecular weight is 229 g/mol. The lowest BCUT2D eigenvalue weighted by Gasteiger charge is -2.09. The van der Waals surface area contributed by atoms with Gasteiger partial charge in [-0.15, -0.1) is 0 Å². The monoisotopic (exact) mass is 229 g/mol. The minimum atomic E-state index is 0.768. The molecule has 17 heavy (non-hydrogen) atoms. The summed E-state index contributed by atoms with van der Waals surface area (Å²) in [5, 5.41) is 13.0. The standard InChI is InChI=1S/C15H19NO/c1-3-4-5-8-13-11-16(17)15-10-7-6-9-14(15)12(13)2/h6-7,9-11H,3-5,8H2,1-2H3. The van der Waals surface area contributed by atoms with E-state index < -0.39 is 0 Å². The van der Waals surface area contributed by atoms with Crippen molar-refractivity contribution < 1.29 is 4.73 Å². The molecule has 2 nitrogen and oxygen atoms in total. The van der Waals surface area contributed by atoms with Crippen LogP contribution < -0.4 is 4.73 Å². The molecule has 0 aliphatic heterocycles. The predicted octanol–water partition coefficient (Wildman–Crippen LogP) is 3.51. The summed E-state index contributed by atoms with van der Waals surface area (Å²) in [7, 11) is 0. The fourth-order valence-corrected chi connectivity index (χ4v) is 2.28. The minimum absolute atomic E-state index is 0.768. The number of nitrogens with zero attached hydrogens (tertiary/aromatic N) is 1. The lowest BCUT2D eigenvalue weighted by atomic mass is 10.0. The molecule has 0 amide bonds. The van der Waals surface area contributed by atoms with Gasteiger partial charge >= 0.3 is 0 Å². The smallest absolute Gasteiger partial charge is 0.224 e. The molecular formula is C15H19NO. The Labute approximate surface area is 102 Å². The summed E-state index contributed by atoms with van der Waals surface area (Å²) >= 11 is 0. The highest BCUT2D eigenvalue weighted by atomic mass is 16.5. The second kappa shape index (κ2) is 5.17. The average Bonchev–Trinajstić information content (AvgIpc) is 2.36. The molecule has 90 valence electrons. The molecule has 0 radical (unpaired) electrons. The number of hydrogen-bond donors (Lipinski definition) is 0. The van der Waals surface area contributed by atoms with Crippen molar-refractivity contribution in [3.05, 3.63) is 46.8 Å². The summed E-state index contributed by atoms with van der Waals surface area (Å²) in [5.74, 6) is 0. The molecule has 2 heteroatoms. The van der Waals surface area contributed by atoms with Crippen LogP contribution in [0, 0.1) is 12.1 Å². The Hall–Kier alpha value is -1.57. The lowest BCUT2D eigenvalue weighted by Crippen LogP contribution is -2.28. The van der Waals surface area contributed by atoms with Crippen LogP contribution in [0.1, 0.15) is 37.3 Å². The number of fused-ring (bicyclic) bond motifs is 1. The Morgan fingerprint density at radius 1 is 1.18 bits per heavy atom. The Balaban J connectivity index is 2.40. The Kier molecular flexibility index (Phi) is 3.62.